The first-order valence-electron chi connectivity index (χ1n) is 8.35. The molecule has 0 aromatic rings. The average Bonchev–Trinajstić information content (AvgIpc) is 3.22. The minimum Gasteiger partial charge on any atom is -0.480 e. The van der Waals surface area contributed by atoms with Crippen LogP contribution in [-0.4, -0.2) is 47.1 Å². The third kappa shape index (κ3) is 4.70. The van der Waals surface area contributed by atoms with Crippen LogP contribution >= 0.6 is 0 Å². The van der Waals surface area contributed by atoms with Crippen LogP contribution in [0.15, 0.2) is 0 Å². The predicted octanol–water partition coefficient (Wildman–Crippen LogP) is 1.62. The summed E-state index contributed by atoms with van der Waals surface area (Å²) in [5, 5.41) is 12.1. The van der Waals surface area contributed by atoms with Crippen LogP contribution in [0, 0.1) is 11.8 Å². The smallest absolute Gasteiger partial charge is 0.317 e. The number of nitrogens with zero attached hydrogens (tertiary/aromatic N) is 1. The van der Waals surface area contributed by atoms with Crippen molar-refractivity contribution in [2.75, 3.05) is 13.1 Å². The summed E-state index contributed by atoms with van der Waals surface area (Å²) in [4.78, 5) is 24.9. The Morgan fingerprint density at radius 1 is 1.10 bits per heavy atom. The predicted molar refractivity (Wildman–Crippen MR) is 78.8 cm³/mol. The molecule has 0 atom stereocenters. The minimum atomic E-state index is -0.743. The molecule has 0 aromatic heterocycles. The van der Waals surface area contributed by atoms with Gasteiger partial charge >= 0.3 is 5.97 Å². The van der Waals surface area contributed by atoms with Gasteiger partial charge in [0.15, 0.2) is 0 Å². The van der Waals surface area contributed by atoms with Gasteiger partial charge in [-0.3, -0.25) is 14.5 Å². The van der Waals surface area contributed by atoms with Gasteiger partial charge < -0.3 is 10.4 Å². The molecule has 5 nitrogen and oxygen atoms in total. The van der Waals surface area contributed by atoms with Crippen LogP contribution in [0.4, 0.5) is 0 Å². The molecule has 3 fully saturated rings. The normalized spacial score (nSPS) is 28.2. The van der Waals surface area contributed by atoms with Crippen molar-refractivity contribution >= 4 is 11.9 Å². The summed E-state index contributed by atoms with van der Waals surface area (Å²) in [6.45, 7) is 1.06. The van der Waals surface area contributed by atoms with Gasteiger partial charge in [-0.25, -0.2) is 0 Å². The number of carboxylic acids is 1. The summed E-state index contributed by atoms with van der Waals surface area (Å²) < 4.78 is 0. The number of hydrogen-bond donors (Lipinski definition) is 2. The van der Waals surface area contributed by atoms with Gasteiger partial charge in [0, 0.05) is 25.0 Å². The molecule has 0 bridgehead atoms. The highest BCUT2D eigenvalue weighted by Gasteiger charge is 2.37. The van der Waals surface area contributed by atoms with Crippen molar-refractivity contribution in [2.45, 2.75) is 63.5 Å². The van der Waals surface area contributed by atoms with Crippen LogP contribution in [0.25, 0.3) is 0 Å². The summed E-state index contributed by atoms with van der Waals surface area (Å²) in [6.07, 6.45) is 8.59. The van der Waals surface area contributed by atoms with Crippen molar-refractivity contribution in [1.82, 2.24) is 10.2 Å². The largest absolute Gasteiger partial charge is 0.480 e. The van der Waals surface area contributed by atoms with E-state index in [0.717, 1.165) is 31.7 Å². The zero-order chi connectivity index (χ0) is 14.8. The second kappa shape index (κ2) is 6.34. The van der Waals surface area contributed by atoms with Gasteiger partial charge in [0.1, 0.15) is 0 Å². The molecule has 21 heavy (non-hydrogen) atoms. The highest BCUT2D eigenvalue weighted by Crippen LogP contribution is 2.35. The van der Waals surface area contributed by atoms with E-state index in [1.54, 1.807) is 0 Å². The minimum absolute atomic E-state index is 0.142. The Hall–Kier alpha value is -1.10. The van der Waals surface area contributed by atoms with E-state index in [1.807, 2.05) is 0 Å². The van der Waals surface area contributed by atoms with Gasteiger partial charge in [-0.1, -0.05) is 12.8 Å². The molecule has 3 aliphatic carbocycles. The molecule has 0 spiro atoms. The molecule has 0 heterocycles. The monoisotopic (exact) mass is 294 g/mol. The lowest BCUT2D eigenvalue weighted by Gasteiger charge is -2.42. The standard InChI is InChI=1S/C16H26N2O3/c19-15(6-5-11-1-2-11)17-13-7-14(8-13)18(10-16(20)21)9-12-3-4-12/h11-14H,1-10H2,(H,17,19)(H,20,21). The van der Waals surface area contributed by atoms with E-state index in [2.05, 4.69) is 10.2 Å². The zero-order valence-corrected chi connectivity index (χ0v) is 12.6. The van der Waals surface area contributed by atoms with Crippen LogP contribution < -0.4 is 5.32 Å². The van der Waals surface area contributed by atoms with E-state index in [9.17, 15) is 9.59 Å². The number of carboxylic acid groups (broad SMARTS) is 1. The third-order valence-electron chi connectivity index (χ3n) is 5.00. The molecular formula is C16H26N2O3. The molecule has 2 N–H and O–H groups in total. The molecule has 3 aliphatic rings. The first-order valence-corrected chi connectivity index (χ1v) is 8.35. The van der Waals surface area contributed by atoms with Gasteiger partial charge in [0.05, 0.1) is 6.54 Å². The van der Waals surface area contributed by atoms with E-state index >= 15 is 0 Å². The van der Waals surface area contributed by atoms with E-state index in [-0.39, 0.29) is 18.5 Å². The zero-order valence-electron chi connectivity index (χ0n) is 12.6. The summed E-state index contributed by atoms with van der Waals surface area (Å²) in [6, 6.07) is 0.604. The molecule has 1 amide bonds. The molecule has 3 saturated carbocycles. The Bertz CT molecular complexity index is 398. The van der Waals surface area contributed by atoms with Gasteiger partial charge in [-0.2, -0.15) is 0 Å². The van der Waals surface area contributed by atoms with Crippen molar-refractivity contribution in [3.63, 3.8) is 0 Å². The van der Waals surface area contributed by atoms with E-state index < -0.39 is 5.97 Å². The van der Waals surface area contributed by atoms with E-state index in [0.29, 0.717) is 18.4 Å². The number of carbonyl (C=O) groups is 2. The Morgan fingerprint density at radius 3 is 2.33 bits per heavy atom. The van der Waals surface area contributed by atoms with E-state index in [1.165, 1.54) is 25.7 Å². The van der Waals surface area contributed by atoms with E-state index in [4.69, 9.17) is 5.11 Å². The first kappa shape index (κ1) is 14.8. The lowest BCUT2D eigenvalue weighted by molar-refractivity contribution is -0.140. The summed E-state index contributed by atoms with van der Waals surface area (Å²) in [7, 11) is 0. The van der Waals surface area contributed by atoms with Crippen molar-refractivity contribution in [1.29, 1.82) is 0 Å². The van der Waals surface area contributed by atoms with Gasteiger partial charge in [0.25, 0.3) is 0 Å². The van der Waals surface area contributed by atoms with Gasteiger partial charge in [0.2, 0.25) is 5.91 Å². The first-order chi connectivity index (χ1) is 10.1. The van der Waals surface area contributed by atoms with Crippen molar-refractivity contribution in [2.24, 2.45) is 11.8 Å². The summed E-state index contributed by atoms with van der Waals surface area (Å²) >= 11 is 0. The lowest BCUT2D eigenvalue weighted by atomic mass is 9.85. The maximum atomic E-state index is 11.8. The third-order valence-corrected chi connectivity index (χ3v) is 5.00. The Kier molecular flexibility index (Phi) is 4.48. The Morgan fingerprint density at radius 2 is 1.76 bits per heavy atom. The number of aliphatic carboxylic acids is 1. The van der Waals surface area contributed by atoms with Crippen LogP contribution in [0.1, 0.15) is 51.4 Å². The van der Waals surface area contributed by atoms with Gasteiger partial charge in [-0.05, 0) is 43.9 Å². The molecule has 0 unspecified atom stereocenters. The molecule has 0 radical (unpaired) electrons. The lowest BCUT2D eigenvalue weighted by Crippen LogP contribution is -2.55. The quantitative estimate of drug-likeness (QED) is 0.678. The molecule has 0 aromatic carbocycles. The average molecular weight is 294 g/mol. The van der Waals surface area contributed by atoms with Crippen LogP contribution in [-0.2, 0) is 9.59 Å². The van der Waals surface area contributed by atoms with Crippen LogP contribution in [0.5, 0.6) is 0 Å². The second-order valence-corrected chi connectivity index (χ2v) is 7.14. The van der Waals surface area contributed by atoms with Crippen LogP contribution in [0.3, 0.4) is 0 Å². The fourth-order valence-electron chi connectivity index (χ4n) is 3.19. The second-order valence-electron chi connectivity index (χ2n) is 7.14. The SMILES string of the molecule is O=C(O)CN(CC1CC1)C1CC(NC(=O)CCC2CC2)C1. The maximum absolute atomic E-state index is 11.8. The maximum Gasteiger partial charge on any atom is 0.317 e. The fraction of sp³-hybridized carbons (Fsp3) is 0.875. The summed E-state index contributed by atoms with van der Waals surface area (Å²) in [5.41, 5.74) is 0. The van der Waals surface area contributed by atoms with Crippen molar-refractivity contribution < 1.29 is 14.7 Å². The number of hydrogen-bond acceptors (Lipinski definition) is 3. The molecule has 0 saturated heterocycles. The fourth-order valence-corrected chi connectivity index (χ4v) is 3.19. The summed E-state index contributed by atoms with van der Waals surface area (Å²) in [5.74, 6) is 0.941. The number of rotatable bonds is 9. The topological polar surface area (TPSA) is 69.6 Å². The number of nitrogens with one attached hydrogen (secondary N) is 1. The highest BCUT2D eigenvalue weighted by atomic mass is 16.4. The Balaban J connectivity index is 1.35. The van der Waals surface area contributed by atoms with Crippen molar-refractivity contribution in [3.8, 4) is 0 Å². The molecule has 0 aliphatic heterocycles. The van der Waals surface area contributed by atoms with Crippen molar-refractivity contribution in [3.05, 3.63) is 0 Å². The molecule has 118 valence electrons. The molecular weight excluding hydrogens is 268 g/mol. The number of amides is 1. The molecule has 5 heteroatoms. The number of carbonyl (C=O) groups excluding carboxylic acids is 1. The highest BCUT2D eigenvalue weighted by molar-refractivity contribution is 5.76. The Labute approximate surface area is 126 Å². The van der Waals surface area contributed by atoms with Crippen LogP contribution in [0.2, 0.25) is 0 Å². The molecule has 3 rings (SSSR count). The van der Waals surface area contributed by atoms with Gasteiger partial charge in [-0.15, -0.1) is 0 Å².